The van der Waals surface area contributed by atoms with Crippen molar-refractivity contribution in [1.29, 1.82) is 0 Å². The minimum atomic E-state index is -0.284. The van der Waals surface area contributed by atoms with E-state index in [2.05, 4.69) is 21.0 Å². The first-order chi connectivity index (χ1) is 10.0. The molecule has 0 N–H and O–H groups in total. The Balaban J connectivity index is 2.23. The normalized spacial score (nSPS) is 10.4. The number of carbonyl (C=O) groups excluding carboxylic acids is 1. The van der Waals surface area contributed by atoms with E-state index in [1.54, 1.807) is 24.4 Å². The summed E-state index contributed by atoms with van der Waals surface area (Å²) >= 11 is 3.33. The predicted octanol–water partition coefficient (Wildman–Crippen LogP) is 2.34. The van der Waals surface area contributed by atoms with Crippen molar-refractivity contribution in [3.63, 3.8) is 0 Å². The highest BCUT2D eigenvalue weighted by Gasteiger charge is 2.12. The molecule has 110 valence electrons. The molecule has 6 heteroatoms. The van der Waals surface area contributed by atoms with Crippen LogP contribution in [0.1, 0.15) is 17.3 Å². The van der Waals surface area contributed by atoms with Crippen LogP contribution in [0.3, 0.4) is 0 Å². The Bertz CT molecular complexity index is 712. The van der Waals surface area contributed by atoms with Crippen LogP contribution < -0.4 is 10.5 Å². The van der Waals surface area contributed by atoms with Crippen molar-refractivity contribution in [1.82, 2.24) is 9.78 Å². The summed E-state index contributed by atoms with van der Waals surface area (Å²) in [4.78, 5) is 26.2. The molecule has 0 aliphatic carbocycles. The van der Waals surface area contributed by atoms with Gasteiger partial charge in [-0.25, -0.2) is 4.68 Å². The summed E-state index contributed by atoms with van der Waals surface area (Å²) in [6.45, 7) is 2.70. The van der Waals surface area contributed by atoms with E-state index >= 15 is 0 Å². The lowest BCUT2D eigenvalue weighted by Gasteiger charge is -2.16. The van der Waals surface area contributed by atoms with Crippen LogP contribution in [0.15, 0.2) is 45.8 Å². The molecule has 0 spiro atoms. The van der Waals surface area contributed by atoms with Crippen LogP contribution in [-0.4, -0.2) is 29.2 Å². The molecular weight excluding hydrogens is 334 g/mol. The lowest BCUT2D eigenvalue weighted by atomic mass is 10.1. The Morgan fingerprint density at radius 3 is 2.71 bits per heavy atom. The van der Waals surface area contributed by atoms with Gasteiger partial charge in [-0.1, -0.05) is 34.1 Å². The highest BCUT2D eigenvalue weighted by atomic mass is 79.9. The molecule has 0 unspecified atom stereocenters. The maximum Gasteiger partial charge on any atom is 0.269 e. The maximum atomic E-state index is 12.2. The molecule has 0 fully saturated rings. The van der Waals surface area contributed by atoms with Crippen molar-refractivity contribution in [3.8, 4) is 0 Å². The standard InChI is InChI=1S/C15H16BrN3O2/c1-3-18(2)11-8-15(21)19(17-9-11)10-14(20)12-6-4-5-7-13(12)16/h4-9H,3,10H2,1-2H3. The Morgan fingerprint density at radius 2 is 2.10 bits per heavy atom. The smallest absolute Gasteiger partial charge is 0.269 e. The first-order valence-corrected chi connectivity index (χ1v) is 7.38. The summed E-state index contributed by atoms with van der Waals surface area (Å²) in [7, 11) is 1.88. The summed E-state index contributed by atoms with van der Waals surface area (Å²) in [5, 5.41) is 4.07. The number of rotatable bonds is 5. The summed E-state index contributed by atoms with van der Waals surface area (Å²) < 4.78 is 1.89. The molecule has 1 heterocycles. The second-order valence-corrected chi connectivity index (χ2v) is 5.48. The van der Waals surface area contributed by atoms with Crippen LogP contribution >= 0.6 is 15.9 Å². The minimum Gasteiger partial charge on any atom is -0.373 e. The fourth-order valence-corrected chi connectivity index (χ4v) is 2.35. The molecule has 5 nitrogen and oxygen atoms in total. The minimum absolute atomic E-state index is 0.0719. The largest absolute Gasteiger partial charge is 0.373 e. The second-order valence-electron chi connectivity index (χ2n) is 4.63. The number of ketones is 1. The third-order valence-corrected chi connectivity index (χ3v) is 3.93. The molecule has 0 atom stereocenters. The average Bonchev–Trinajstić information content (AvgIpc) is 2.48. The van der Waals surface area contributed by atoms with E-state index in [1.165, 1.54) is 10.7 Å². The van der Waals surface area contributed by atoms with Crippen molar-refractivity contribution in [3.05, 3.63) is 56.9 Å². The summed E-state index contributed by atoms with van der Waals surface area (Å²) in [5.74, 6) is -0.159. The van der Waals surface area contributed by atoms with Crippen LogP contribution in [0.2, 0.25) is 0 Å². The van der Waals surface area contributed by atoms with Gasteiger partial charge in [-0.15, -0.1) is 0 Å². The van der Waals surface area contributed by atoms with E-state index in [1.807, 2.05) is 24.9 Å². The van der Waals surface area contributed by atoms with Crippen LogP contribution in [0.25, 0.3) is 0 Å². The van der Waals surface area contributed by atoms with Crippen molar-refractivity contribution < 1.29 is 4.79 Å². The summed E-state index contributed by atoms with van der Waals surface area (Å²) in [6.07, 6.45) is 1.60. The van der Waals surface area contributed by atoms with Gasteiger partial charge in [0.1, 0.15) is 6.54 Å². The van der Waals surface area contributed by atoms with Gasteiger partial charge in [0, 0.05) is 29.7 Å². The highest BCUT2D eigenvalue weighted by molar-refractivity contribution is 9.10. The lowest BCUT2D eigenvalue weighted by molar-refractivity contribution is 0.0965. The Labute approximate surface area is 131 Å². The van der Waals surface area contributed by atoms with Gasteiger partial charge in [-0.05, 0) is 13.0 Å². The molecule has 0 radical (unpaired) electrons. The van der Waals surface area contributed by atoms with Crippen LogP contribution in [-0.2, 0) is 6.54 Å². The molecule has 0 amide bonds. The van der Waals surface area contributed by atoms with Gasteiger partial charge in [0.2, 0.25) is 0 Å². The van der Waals surface area contributed by atoms with Crippen molar-refractivity contribution in [2.45, 2.75) is 13.5 Å². The van der Waals surface area contributed by atoms with Gasteiger partial charge < -0.3 is 4.90 Å². The van der Waals surface area contributed by atoms with Gasteiger partial charge >= 0.3 is 0 Å². The number of nitrogens with zero attached hydrogens (tertiary/aromatic N) is 3. The van der Waals surface area contributed by atoms with Crippen molar-refractivity contribution in [2.75, 3.05) is 18.5 Å². The fourth-order valence-electron chi connectivity index (χ4n) is 1.84. The van der Waals surface area contributed by atoms with Gasteiger partial charge in [0.25, 0.3) is 5.56 Å². The fraction of sp³-hybridized carbons (Fsp3) is 0.267. The Morgan fingerprint density at radius 1 is 1.38 bits per heavy atom. The first kappa shape index (κ1) is 15.4. The molecule has 0 saturated carbocycles. The van der Waals surface area contributed by atoms with E-state index in [9.17, 15) is 9.59 Å². The number of hydrogen-bond acceptors (Lipinski definition) is 4. The quantitative estimate of drug-likeness (QED) is 0.777. The van der Waals surface area contributed by atoms with E-state index < -0.39 is 0 Å². The number of halogens is 1. The molecule has 2 aromatic rings. The second kappa shape index (κ2) is 6.67. The number of Topliss-reactive ketones (excluding diaryl/α,β-unsaturated/α-hetero) is 1. The highest BCUT2D eigenvalue weighted by Crippen LogP contribution is 2.16. The maximum absolute atomic E-state index is 12.2. The third kappa shape index (κ3) is 3.58. The molecule has 0 saturated heterocycles. The van der Waals surface area contributed by atoms with Gasteiger partial charge in [0.05, 0.1) is 11.9 Å². The molecule has 1 aromatic heterocycles. The molecule has 21 heavy (non-hydrogen) atoms. The third-order valence-electron chi connectivity index (χ3n) is 3.24. The van der Waals surface area contributed by atoms with Crippen molar-refractivity contribution >= 4 is 27.4 Å². The van der Waals surface area contributed by atoms with E-state index in [-0.39, 0.29) is 17.9 Å². The van der Waals surface area contributed by atoms with Crippen LogP contribution in [0.4, 0.5) is 5.69 Å². The zero-order chi connectivity index (χ0) is 15.4. The van der Waals surface area contributed by atoms with Gasteiger partial charge in [-0.3, -0.25) is 9.59 Å². The molecule has 2 rings (SSSR count). The molecular formula is C15H16BrN3O2. The predicted molar refractivity (Wildman–Crippen MR) is 85.9 cm³/mol. The van der Waals surface area contributed by atoms with Crippen LogP contribution in [0, 0.1) is 0 Å². The van der Waals surface area contributed by atoms with E-state index in [0.29, 0.717) is 10.0 Å². The number of hydrogen-bond donors (Lipinski definition) is 0. The number of anilines is 1. The van der Waals surface area contributed by atoms with Gasteiger partial charge in [-0.2, -0.15) is 5.10 Å². The number of benzene rings is 1. The van der Waals surface area contributed by atoms with Gasteiger partial charge in [0.15, 0.2) is 5.78 Å². The summed E-state index contributed by atoms with van der Waals surface area (Å²) in [6, 6.07) is 8.62. The zero-order valence-electron chi connectivity index (χ0n) is 11.9. The Kier molecular flexibility index (Phi) is 4.90. The van der Waals surface area contributed by atoms with Crippen LogP contribution in [0.5, 0.6) is 0 Å². The topological polar surface area (TPSA) is 55.2 Å². The number of carbonyl (C=O) groups is 1. The molecule has 1 aromatic carbocycles. The first-order valence-electron chi connectivity index (χ1n) is 6.59. The lowest BCUT2D eigenvalue weighted by Crippen LogP contribution is -2.28. The van der Waals surface area contributed by atoms with E-state index in [4.69, 9.17) is 0 Å². The summed E-state index contributed by atoms with van der Waals surface area (Å²) in [5.41, 5.74) is 1.00. The molecule has 0 bridgehead atoms. The van der Waals surface area contributed by atoms with E-state index in [0.717, 1.165) is 12.2 Å². The molecule has 0 aliphatic rings. The SMILES string of the molecule is CCN(C)c1cnn(CC(=O)c2ccccc2Br)c(=O)c1. The monoisotopic (exact) mass is 349 g/mol. The average molecular weight is 350 g/mol. The van der Waals surface area contributed by atoms with Crippen molar-refractivity contribution in [2.24, 2.45) is 0 Å². The number of aromatic nitrogens is 2. The Hall–Kier alpha value is -1.95. The zero-order valence-corrected chi connectivity index (χ0v) is 13.5. The molecule has 0 aliphatic heterocycles.